The fourth-order valence-electron chi connectivity index (χ4n) is 2.58. The minimum Gasteiger partial charge on any atom is -0.452 e. The Hall–Kier alpha value is -3.81. The van der Waals surface area contributed by atoms with E-state index in [0.29, 0.717) is 17.3 Å². The predicted molar refractivity (Wildman–Crippen MR) is 106 cm³/mol. The van der Waals surface area contributed by atoms with Crippen molar-refractivity contribution in [1.29, 1.82) is 0 Å². The summed E-state index contributed by atoms with van der Waals surface area (Å²) in [6.45, 7) is 4.03. The van der Waals surface area contributed by atoms with E-state index >= 15 is 0 Å². The van der Waals surface area contributed by atoms with Gasteiger partial charge in [0.05, 0.1) is 10.5 Å². The van der Waals surface area contributed by atoms with Crippen molar-refractivity contribution in [2.45, 2.75) is 26.4 Å². The predicted octanol–water partition coefficient (Wildman–Crippen LogP) is 4.52. The molecule has 2 aromatic carbocycles. The highest BCUT2D eigenvalue weighted by Gasteiger charge is 2.12. The number of esters is 1. The van der Waals surface area contributed by atoms with Gasteiger partial charge in [0, 0.05) is 17.7 Å². The molecule has 1 aromatic heterocycles. The molecular weight excluding hydrogens is 374 g/mol. The lowest BCUT2D eigenvalue weighted by Gasteiger charge is -2.04. The van der Waals surface area contributed by atoms with Crippen LogP contribution in [0.1, 0.15) is 36.8 Å². The van der Waals surface area contributed by atoms with Crippen molar-refractivity contribution in [3.05, 3.63) is 81.7 Å². The van der Waals surface area contributed by atoms with E-state index in [1.54, 1.807) is 12.1 Å². The average Bonchev–Trinajstić information content (AvgIpc) is 3.20. The Kier molecular flexibility index (Phi) is 6.13. The Labute approximate surface area is 167 Å². The Morgan fingerprint density at radius 1 is 1.21 bits per heavy atom. The van der Waals surface area contributed by atoms with E-state index in [0.717, 1.165) is 11.6 Å². The molecule has 0 aliphatic rings. The zero-order chi connectivity index (χ0) is 20.8. The summed E-state index contributed by atoms with van der Waals surface area (Å²) in [5.41, 5.74) is 2.21. The van der Waals surface area contributed by atoms with E-state index in [-0.39, 0.29) is 18.2 Å². The lowest BCUT2D eigenvalue weighted by Crippen LogP contribution is -2.01. The number of nitro benzene ring substituents is 1. The summed E-state index contributed by atoms with van der Waals surface area (Å²) >= 11 is 0. The largest absolute Gasteiger partial charge is 0.452 e. The maximum Gasteiger partial charge on any atom is 0.331 e. The molecule has 0 fully saturated rings. The van der Waals surface area contributed by atoms with Gasteiger partial charge in [-0.2, -0.15) is 4.98 Å². The Bertz CT molecular complexity index is 1040. The van der Waals surface area contributed by atoms with E-state index in [1.807, 2.05) is 24.3 Å². The summed E-state index contributed by atoms with van der Waals surface area (Å²) in [6, 6.07) is 13.9. The third kappa shape index (κ3) is 5.13. The molecule has 0 radical (unpaired) electrons. The van der Waals surface area contributed by atoms with Gasteiger partial charge in [-0.1, -0.05) is 55.4 Å². The van der Waals surface area contributed by atoms with Crippen LogP contribution in [0.4, 0.5) is 5.69 Å². The van der Waals surface area contributed by atoms with Crippen LogP contribution in [0.25, 0.3) is 17.5 Å². The van der Waals surface area contributed by atoms with Crippen molar-refractivity contribution in [2.75, 3.05) is 0 Å². The van der Waals surface area contributed by atoms with Crippen LogP contribution < -0.4 is 0 Å². The SMILES string of the molecule is CC(C)c1ccc(-c2noc(COC(=O)/C=C/c3ccccc3[N+](=O)[O-])n2)cc1. The van der Waals surface area contributed by atoms with Crippen molar-refractivity contribution in [2.24, 2.45) is 0 Å². The minimum absolute atomic E-state index is 0.0958. The van der Waals surface area contributed by atoms with Crippen LogP contribution in [0.5, 0.6) is 0 Å². The summed E-state index contributed by atoms with van der Waals surface area (Å²) < 4.78 is 10.2. The fourth-order valence-corrected chi connectivity index (χ4v) is 2.58. The lowest BCUT2D eigenvalue weighted by molar-refractivity contribution is -0.385. The maximum atomic E-state index is 11.9. The molecule has 0 bridgehead atoms. The van der Waals surface area contributed by atoms with Crippen LogP contribution in [-0.2, 0) is 16.1 Å². The summed E-state index contributed by atoms with van der Waals surface area (Å²) in [6.07, 6.45) is 2.44. The molecule has 0 N–H and O–H groups in total. The van der Waals surface area contributed by atoms with Crippen molar-refractivity contribution in [1.82, 2.24) is 10.1 Å². The molecule has 1 heterocycles. The number of aromatic nitrogens is 2. The van der Waals surface area contributed by atoms with Gasteiger partial charge >= 0.3 is 5.97 Å². The van der Waals surface area contributed by atoms with E-state index in [9.17, 15) is 14.9 Å². The number of nitrogens with zero attached hydrogens (tertiary/aromatic N) is 3. The molecule has 0 atom stereocenters. The molecule has 0 spiro atoms. The van der Waals surface area contributed by atoms with Gasteiger partial charge in [-0.05, 0) is 23.6 Å². The van der Waals surface area contributed by atoms with Gasteiger partial charge in [-0.25, -0.2) is 4.79 Å². The normalized spacial score (nSPS) is 11.1. The van der Waals surface area contributed by atoms with E-state index < -0.39 is 10.9 Å². The van der Waals surface area contributed by atoms with Crippen LogP contribution in [0.3, 0.4) is 0 Å². The van der Waals surface area contributed by atoms with Crippen LogP contribution in [0, 0.1) is 10.1 Å². The minimum atomic E-state index is -0.677. The molecule has 148 valence electrons. The number of hydrogen-bond donors (Lipinski definition) is 0. The summed E-state index contributed by atoms with van der Waals surface area (Å²) in [5.74, 6) is 0.307. The zero-order valence-corrected chi connectivity index (χ0v) is 15.9. The number of benzene rings is 2. The number of carbonyl (C=O) groups excluding carboxylic acids is 1. The van der Waals surface area contributed by atoms with Crippen LogP contribution >= 0.6 is 0 Å². The quantitative estimate of drug-likeness (QED) is 0.251. The molecule has 8 nitrogen and oxygen atoms in total. The molecule has 3 rings (SSSR count). The highest BCUT2D eigenvalue weighted by molar-refractivity contribution is 5.87. The summed E-state index contributed by atoms with van der Waals surface area (Å²) in [7, 11) is 0. The second-order valence-corrected chi connectivity index (χ2v) is 6.55. The molecule has 0 saturated carbocycles. The molecule has 0 aliphatic heterocycles. The third-order valence-corrected chi connectivity index (χ3v) is 4.17. The first-order valence-corrected chi connectivity index (χ1v) is 8.95. The Balaban J connectivity index is 1.59. The first-order chi connectivity index (χ1) is 13.9. The van der Waals surface area contributed by atoms with Crippen molar-refractivity contribution < 1.29 is 19.0 Å². The van der Waals surface area contributed by atoms with Gasteiger partial charge in [-0.3, -0.25) is 10.1 Å². The number of nitro groups is 1. The van der Waals surface area contributed by atoms with E-state index in [1.165, 1.54) is 23.8 Å². The van der Waals surface area contributed by atoms with Crippen molar-refractivity contribution in [3.63, 3.8) is 0 Å². The van der Waals surface area contributed by atoms with Gasteiger partial charge in [0.25, 0.3) is 11.6 Å². The highest BCUT2D eigenvalue weighted by Crippen LogP contribution is 2.21. The second kappa shape index (κ2) is 8.92. The molecule has 0 saturated heterocycles. The first-order valence-electron chi connectivity index (χ1n) is 8.95. The summed E-state index contributed by atoms with van der Waals surface area (Å²) in [4.78, 5) is 26.6. The smallest absolute Gasteiger partial charge is 0.331 e. The van der Waals surface area contributed by atoms with E-state index in [2.05, 4.69) is 24.0 Å². The highest BCUT2D eigenvalue weighted by atomic mass is 16.6. The second-order valence-electron chi connectivity index (χ2n) is 6.55. The molecule has 8 heteroatoms. The zero-order valence-electron chi connectivity index (χ0n) is 15.9. The monoisotopic (exact) mass is 393 g/mol. The van der Waals surface area contributed by atoms with Crippen LogP contribution in [0.2, 0.25) is 0 Å². The number of ether oxygens (including phenoxy) is 1. The average molecular weight is 393 g/mol. The summed E-state index contributed by atoms with van der Waals surface area (Å²) in [5, 5.41) is 14.9. The molecule has 0 aliphatic carbocycles. The standard InChI is InChI=1S/C21H19N3O5/c1-14(2)15-7-9-17(10-8-15)21-22-19(29-23-21)13-28-20(25)12-11-16-5-3-4-6-18(16)24(26)27/h3-12,14H,13H2,1-2H3/b12-11+. The number of rotatable bonds is 7. The van der Waals surface area contributed by atoms with Gasteiger partial charge in [0.1, 0.15) is 0 Å². The van der Waals surface area contributed by atoms with Crippen LogP contribution in [-0.4, -0.2) is 21.0 Å². The Morgan fingerprint density at radius 3 is 2.62 bits per heavy atom. The maximum absolute atomic E-state index is 11.9. The molecular formula is C21H19N3O5. The topological polar surface area (TPSA) is 108 Å². The lowest BCUT2D eigenvalue weighted by atomic mass is 10.0. The first kappa shape index (κ1) is 19.9. The van der Waals surface area contributed by atoms with Crippen molar-refractivity contribution in [3.8, 4) is 11.4 Å². The van der Waals surface area contributed by atoms with Crippen molar-refractivity contribution >= 4 is 17.7 Å². The Morgan fingerprint density at radius 2 is 1.93 bits per heavy atom. The number of carbonyl (C=O) groups is 1. The van der Waals surface area contributed by atoms with Gasteiger partial charge in [0.2, 0.25) is 5.82 Å². The number of hydrogen-bond acceptors (Lipinski definition) is 7. The van der Waals surface area contributed by atoms with Gasteiger partial charge in [-0.15, -0.1) is 0 Å². The molecule has 0 amide bonds. The molecule has 3 aromatic rings. The van der Waals surface area contributed by atoms with Gasteiger partial charge in [0.15, 0.2) is 6.61 Å². The third-order valence-electron chi connectivity index (χ3n) is 4.17. The van der Waals surface area contributed by atoms with E-state index in [4.69, 9.17) is 9.26 Å². The van der Waals surface area contributed by atoms with Gasteiger partial charge < -0.3 is 9.26 Å². The fraction of sp³-hybridized carbons (Fsp3) is 0.190. The molecule has 29 heavy (non-hydrogen) atoms. The number of para-hydroxylation sites is 1. The van der Waals surface area contributed by atoms with Crippen LogP contribution in [0.15, 0.2) is 59.1 Å². The molecule has 0 unspecified atom stereocenters.